The van der Waals surface area contributed by atoms with Crippen LogP contribution in [0.1, 0.15) is 5.56 Å². The summed E-state index contributed by atoms with van der Waals surface area (Å²) in [6, 6.07) is 13.9. The summed E-state index contributed by atoms with van der Waals surface area (Å²) < 4.78 is 5.41. The number of ether oxygens (including phenoxy) is 1. The minimum atomic E-state index is -0.383. The lowest BCUT2D eigenvalue weighted by atomic mass is 10.0. The number of cyclic esters (lactones) is 1. The number of hydrogen-bond acceptors (Lipinski definition) is 5. The highest BCUT2D eigenvalue weighted by Crippen LogP contribution is 2.24. The first-order chi connectivity index (χ1) is 11.3. The Hall–Kier alpha value is -2.66. The van der Waals surface area contributed by atoms with Crippen LogP contribution in [-0.4, -0.2) is 42.9 Å². The molecule has 1 N–H and O–H groups in total. The van der Waals surface area contributed by atoms with Gasteiger partial charge in [-0.3, -0.25) is 0 Å². The SMILES string of the molecule is O=C1OC(c2cccc3ccccc23)=N/C1=C\N1CCNCC1. The number of fused-ring (bicyclic) bond motifs is 1. The molecule has 0 spiro atoms. The van der Waals surface area contributed by atoms with Crippen molar-refractivity contribution in [2.45, 2.75) is 0 Å². The second kappa shape index (κ2) is 5.85. The lowest BCUT2D eigenvalue weighted by molar-refractivity contribution is -0.130. The van der Waals surface area contributed by atoms with Crippen LogP contribution in [0.3, 0.4) is 0 Å². The van der Waals surface area contributed by atoms with E-state index in [4.69, 9.17) is 4.74 Å². The quantitative estimate of drug-likeness (QED) is 0.680. The van der Waals surface area contributed by atoms with Crippen LogP contribution >= 0.6 is 0 Å². The van der Waals surface area contributed by atoms with Crippen LogP contribution in [0.4, 0.5) is 0 Å². The highest BCUT2D eigenvalue weighted by molar-refractivity contribution is 6.16. The zero-order valence-corrected chi connectivity index (χ0v) is 12.7. The summed E-state index contributed by atoms with van der Waals surface area (Å²) in [6.07, 6.45) is 1.81. The molecule has 23 heavy (non-hydrogen) atoms. The van der Waals surface area contributed by atoms with Crippen molar-refractivity contribution in [3.05, 3.63) is 59.9 Å². The lowest BCUT2D eigenvalue weighted by Gasteiger charge is -2.25. The molecule has 2 aliphatic rings. The molecule has 0 bridgehead atoms. The monoisotopic (exact) mass is 307 g/mol. The molecule has 0 unspecified atom stereocenters. The van der Waals surface area contributed by atoms with Crippen molar-refractivity contribution < 1.29 is 9.53 Å². The summed E-state index contributed by atoms with van der Waals surface area (Å²) in [5.41, 5.74) is 1.22. The Labute approximate surface area is 134 Å². The second-order valence-corrected chi connectivity index (χ2v) is 5.63. The number of hydrogen-bond donors (Lipinski definition) is 1. The summed E-state index contributed by atoms with van der Waals surface area (Å²) >= 11 is 0. The molecule has 5 nitrogen and oxygen atoms in total. The normalized spacial score (nSPS) is 20.0. The van der Waals surface area contributed by atoms with E-state index in [9.17, 15) is 4.79 Å². The number of piperazine rings is 1. The molecule has 0 saturated carbocycles. The van der Waals surface area contributed by atoms with Crippen LogP contribution in [0.15, 0.2) is 59.4 Å². The molecule has 2 aromatic carbocycles. The third-order valence-electron chi connectivity index (χ3n) is 4.10. The van der Waals surface area contributed by atoms with E-state index in [2.05, 4.69) is 15.2 Å². The van der Waals surface area contributed by atoms with E-state index in [0.717, 1.165) is 42.5 Å². The minimum absolute atomic E-state index is 0.370. The van der Waals surface area contributed by atoms with Gasteiger partial charge in [-0.05, 0) is 16.8 Å². The van der Waals surface area contributed by atoms with E-state index in [1.807, 2.05) is 42.5 Å². The van der Waals surface area contributed by atoms with Gasteiger partial charge < -0.3 is 15.0 Å². The molecule has 0 atom stereocenters. The molecule has 5 heteroatoms. The number of nitrogens with zero attached hydrogens (tertiary/aromatic N) is 2. The van der Waals surface area contributed by atoms with Crippen LogP contribution in [0.5, 0.6) is 0 Å². The van der Waals surface area contributed by atoms with Crippen molar-refractivity contribution in [1.29, 1.82) is 0 Å². The van der Waals surface area contributed by atoms with Crippen molar-refractivity contribution in [3.63, 3.8) is 0 Å². The number of esters is 1. The average molecular weight is 307 g/mol. The highest BCUT2D eigenvalue weighted by Gasteiger charge is 2.26. The fraction of sp³-hybridized carbons (Fsp3) is 0.222. The number of carbonyl (C=O) groups excluding carboxylic acids is 1. The Morgan fingerprint density at radius 1 is 1.09 bits per heavy atom. The van der Waals surface area contributed by atoms with Crippen molar-refractivity contribution >= 4 is 22.6 Å². The maximum Gasteiger partial charge on any atom is 0.365 e. The Bertz CT molecular complexity index is 815. The van der Waals surface area contributed by atoms with Gasteiger partial charge in [-0.1, -0.05) is 36.4 Å². The standard InChI is InChI=1S/C18H17N3O2/c22-18-16(12-21-10-8-19-9-11-21)20-17(23-18)15-7-3-5-13-4-1-2-6-14(13)15/h1-7,12,19H,8-11H2/b16-12-. The Balaban J connectivity index is 1.70. The second-order valence-electron chi connectivity index (χ2n) is 5.63. The van der Waals surface area contributed by atoms with Gasteiger partial charge in [0.2, 0.25) is 5.90 Å². The van der Waals surface area contributed by atoms with Gasteiger partial charge in [0.05, 0.1) is 0 Å². The van der Waals surface area contributed by atoms with Crippen LogP contribution in [0, 0.1) is 0 Å². The molecule has 0 aromatic heterocycles. The van der Waals surface area contributed by atoms with Gasteiger partial charge in [0.1, 0.15) is 0 Å². The predicted molar refractivity (Wildman–Crippen MR) is 89.1 cm³/mol. The van der Waals surface area contributed by atoms with Crippen molar-refractivity contribution in [2.75, 3.05) is 26.2 Å². The van der Waals surface area contributed by atoms with E-state index in [0.29, 0.717) is 11.6 Å². The predicted octanol–water partition coefficient (Wildman–Crippen LogP) is 1.89. The van der Waals surface area contributed by atoms with E-state index in [1.165, 1.54) is 0 Å². The third kappa shape index (κ3) is 2.71. The first kappa shape index (κ1) is 14.0. The zero-order chi connectivity index (χ0) is 15.6. The number of rotatable bonds is 2. The molecule has 1 fully saturated rings. The minimum Gasteiger partial charge on any atom is -0.402 e. The summed E-state index contributed by atoms with van der Waals surface area (Å²) in [5.74, 6) is -0.000323. The van der Waals surface area contributed by atoms with Gasteiger partial charge in [0, 0.05) is 37.9 Å². The fourth-order valence-electron chi connectivity index (χ4n) is 2.91. The fourth-order valence-corrected chi connectivity index (χ4v) is 2.91. The summed E-state index contributed by atoms with van der Waals surface area (Å²) in [4.78, 5) is 18.6. The van der Waals surface area contributed by atoms with Crippen LogP contribution in [0.25, 0.3) is 10.8 Å². The Morgan fingerprint density at radius 3 is 2.74 bits per heavy atom. The van der Waals surface area contributed by atoms with Gasteiger partial charge in [0.25, 0.3) is 0 Å². The van der Waals surface area contributed by atoms with Gasteiger partial charge >= 0.3 is 5.97 Å². The number of benzene rings is 2. The van der Waals surface area contributed by atoms with Crippen LogP contribution in [-0.2, 0) is 9.53 Å². The first-order valence-corrected chi connectivity index (χ1v) is 7.77. The number of carbonyl (C=O) groups is 1. The van der Waals surface area contributed by atoms with E-state index in [1.54, 1.807) is 6.20 Å². The molecule has 2 aliphatic heterocycles. The molecule has 4 rings (SSSR count). The van der Waals surface area contributed by atoms with Gasteiger partial charge in [-0.25, -0.2) is 9.79 Å². The number of nitrogens with one attached hydrogen (secondary N) is 1. The number of aliphatic imine (C=N–C) groups is 1. The maximum atomic E-state index is 12.1. The topological polar surface area (TPSA) is 53.9 Å². The molecule has 0 aliphatic carbocycles. The van der Waals surface area contributed by atoms with Crippen molar-refractivity contribution in [2.24, 2.45) is 4.99 Å². The van der Waals surface area contributed by atoms with E-state index in [-0.39, 0.29) is 5.97 Å². The molecule has 2 aromatic rings. The van der Waals surface area contributed by atoms with E-state index < -0.39 is 0 Å². The largest absolute Gasteiger partial charge is 0.402 e. The smallest absolute Gasteiger partial charge is 0.365 e. The first-order valence-electron chi connectivity index (χ1n) is 7.77. The molecule has 116 valence electrons. The Kier molecular flexibility index (Phi) is 3.55. The van der Waals surface area contributed by atoms with Crippen LogP contribution < -0.4 is 5.32 Å². The maximum absolute atomic E-state index is 12.1. The molecule has 1 saturated heterocycles. The summed E-state index contributed by atoms with van der Waals surface area (Å²) in [6.45, 7) is 3.57. The van der Waals surface area contributed by atoms with Gasteiger partial charge in [-0.15, -0.1) is 0 Å². The third-order valence-corrected chi connectivity index (χ3v) is 4.10. The molecular weight excluding hydrogens is 290 g/mol. The van der Waals surface area contributed by atoms with Crippen molar-refractivity contribution in [3.8, 4) is 0 Å². The zero-order valence-electron chi connectivity index (χ0n) is 12.7. The lowest BCUT2D eigenvalue weighted by Crippen LogP contribution is -2.40. The molecule has 2 heterocycles. The van der Waals surface area contributed by atoms with Crippen LogP contribution in [0.2, 0.25) is 0 Å². The average Bonchev–Trinajstić information content (AvgIpc) is 2.96. The van der Waals surface area contributed by atoms with Crippen molar-refractivity contribution in [1.82, 2.24) is 10.2 Å². The van der Waals surface area contributed by atoms with E-state index >= 15 is 0 Å². The summed E-state index contributed by atoms with van der Waals surface area (Å²) in [5, 5.41) is 5.42. The van der Waals surface area contributed by atoms with Gasteiger partial charge in [-0.2, -0.15) is 0 Å². The Morgan fingerprint density at radius 2 is 1.87 bits per heavy atom. The molecular formula is C18H17N3O2. The highest BCUT2D eigenvalue weighted by atomic mass is 16.6. The van der Waals surface area contributed by atoms with Gasteiger partial charge in [0.15, 0.2) is 5.70 Å². The molecule has 0 radical (unpaired) electrons. The molecule has 0 amide bonds. The summed E-state index contributed by atoms with van der Waals surface area (Å²) in [7, 11) is 0.